The smallest absolute Gasteiger partial charge is 0.321 e. The Bertz CT molecular complexity index is 340. The Morgan fingerprint density at radius 2 is 2.33 bits per heavy atom. The molecule has 0 radical (unpaired) electrons. The van der Waals surface area contributed by atoms with Gasteiger partial charge in [-0.2, -0.15) is 0 Å². The molecule has 3 amide bonds. The molecule has 0 aliphatic rings. The number of thiophene rings is 1. The van der Waals surface area contributed by atoms with E-state index < -0.39 is 11.9 Å². The lowest BCUT2D eigenvalue weighted by Gasteiger charge is -2.11. The van der Waals surface area contributed by atoms with Crippen LogP contribution >= 0.6 is 22.9 Å². The zero-order valence-corrected chi connectivity index (χ0v) is 9.69. The highest BCUT2D eigenvalue weighted by Crippen LogP contribution is 2.17. The second kappa shape index (κ2) is 5.72. The number of imide groups is 1. The number of nitrogens with one attached hydrogen (secondary N) is 2. The summed E-state index contributed by atoms with van der Waals surface area (Å²) >= 11 is 6.79. The molecule has 6 heteroatoms. The molecule has 1 rings (SSSR count). The van der Waals surface area contributed by atoms with Crippen LogP contribution in [-0.4, -0.2) is 17.8 Å². The van der Waals surface area contributed by atoms with Crippen molar-refractivity contribution in [3.63, 3.8) is 0 Å². The van der Waals surface area contributed by atoms with Gasteiger partial charge in [-0.1, -0.05) is 6.07 Å². The Labute approximate surface area is 96.6 Å². The molecule has 0 aliphatic heterocycles. The normalized spacial score (nSPS) is 11.9. The average Bonchev–Trinajstić information content (AvgIpc) is 2.70. The quantitative estimate of drug-likeness (QED) is 0.800. The number of hydrogen-bond donors (Lipinski definition) is 2. The van der Waals surface area contributed by atoms with Crippen molar-refractivity contribution in [1.82, 2.24) is 10.6 Å². The van der Waals surface area contributed by atoms with Crippen molar-refractivity contribution in [2.24, 2.45) is 0 Å². The van der Waals surface area contributed by atoms with E-state index in [0.29, 0.717) is 0 Å². The fourth-order valence-corrected chi connectivity index (χ4v) is 1.80. The van der Waals surface area contributed by atoms with Crippen LogP contribution in [0.2, 0.25) is 0 Å². The van der Waals surface area contributed by atoms with Crippen LogP contribution in [0.25, 0.3) is 0 Å². The van der Waals surface area contributed by atoms with Crippen molar-refractivity contribution in [2.75, 3.05) is 5.88 Å². The Balaban J connectivity index is 2.42. The zero-order chi connectivity index (χ0) is 11.3. The van der Waals surface area contributed by atoms with E-state index in [0.717, 1.165) is 4.88 Å². The van der Waals surface area contributed by atoms with Crippen molar-refractivity contribution in [3.05, 3.63) is 22.4 Å². The largest absolute Gasteiger partial charge is 0.330 e. The summed E-state index contributed by atoms with van der Waals surface area (Å²) in [5.41, 5.74) is 0. The monoisotopic (exact) mass is 246 g/mol. The Kier molecular flexibility index (Phi) is 4.58. The number of halogens is 1. The first-order valence-corrected chi connectivity index (χ1v) is 5.74. The molecule has 2 N–H and O–H groups in total. The standard InChI is InChI=1S/C9H11ClN2O2S/c1-6(7-3-2-4-15-7)11-9(14)12-8(13)5-10/h2-4,6H,5H2,1H3,(H2,11,12,13,14). The molecule has 0 saturated heterocycles. The number of rotatable bonds is 3. The summed E-state index contributed by atoms with van der Waals surface area (Å²) in [4.78, 5) is 23.0. The van der Waals surface area contributed by atoms with Crippen LogP contribution in [-0.2, 0) is 4.79 Å². The van der Waals surface area contributed by atoms with E-state index in [1.165, 1.54) is 0 Å². The molecular formula is C9H11ClN2O2S. The highest BCUT2D eigenvalue weighted by Gasteiger charge is 2.11. The Hall–Kier alpha value is -1.07. The van der Waals surface area contributed by atoms with E-state index in [1.807, 2.05) is 24.4 Å². The van der Waals surface area contributed by atoms with Crippen molar-refractivity contribution < 1.29 is 9.59 Å². The molecule has 1 aromatic rings. The number of alkyl halides is 1. The fourth-order valence-electron chi connectivity index (χ4n) is 1.00. The van der Waals surface area contributed by atoms with Crippen LogP contribution in [0.3, 0.4) is 0 Å². The van der Waals surface area contributed by atoms with Gasteiger partial charge in [0.25, 0.3) is 0 Å². The molecule has 0 fully saturated rings. The predicted molar refractivity (Wildman–Crippen MR) is 60.1 cm³/mol. The number of hydrogen-bond acceptors (Lipinski definition) is 3. The maximum absolute atomic E-state index is 11.2. The van der Waals surface area contributed by atoms with Gasteiger partial charge in [0, 0.05) is 4.88 Å². The third kappa shape index (κ3) is 3.89. The third-order valence-electron chi connectivity index (χ3n) is 1.69. The van der Waals surface area contributed by atoms with Crippen molar-refractivity contribution in [1.29, 1.82) is 0 Å². The summed E-state index contributed by atoms with van der Waals surface area (Å²) < 4.78 is 0. The maximum Gasteiger partial charge on any atom is 0.321 e. The minimum Gasteiger partial charge on any atom is -0.330 e. The Morgan fingerprint density at radius 3 is 2.87 bits per heavy atom. The number of amides is 3. The van der Waals surface area contributed by atoms with Gasteiger partial charge in [0.2, 0.25) is 5.91 Å². The second-order valence-electron chi connectivity index (χ2n) is 2.89. The van der Waals surface area contributed by atoms with E-state index in [-0.39, 0.29) is 11.9 Å². The topological polar surface area (TPSA) is 58.2 Å². The first-order chi connectivity index (χ1) is 7.13. The van der Waals surface area contributed by atoms with Crippen molar-refractivity contribution >= 4 is 34.9 Å². The molecule has 0 aliphatic carbocycles. The van der Waals surface area contributed by atoms with E-state index in [4.69, 9.17) is 11.6 Å². The molecule has 1 heterocycles. The molecule has 1 aromatic heterocycles. The van der Waals surface area contributed by atoms with Crippen LogP contribution < -0.4 is 10.6 Å². The SMILES string of the molecule is CC(NC(=O)NC(=O)CCl)c1cccs1. The van der Waals surface area contributed by atoms with E-state index >= 15 is 0 Å². The van der Waals surface area contributed by atoms with Gasteiger partial charge in [0.1, 0.15) is 5.88 Å². The van der Waals surface area contributed by atoms with Gasteiger partial charge in [0.05, 0.1) is 6.04 Å². The van der Waals surface area contributed by atoms with Gasteiger partial charge in [-0.15, -0.1) is 22.9 Å². The van der Waals surface area contributed by atoms with Crippen molar-refractivity contribution in [3.8, 4) is 0 Å². The number of urea groups is 1. The maximum atomic E-state index is 11.2. The average molecular weight is 247 g/mol. The van der Waals surface area contributed by atoms with Gasteiger partial charge >= 0.3 is 6.03 Å². The molecule has 1 atom stereocenters. The summed E-state index contributed by atoms with van der Waals surface area (Å²) in [6.45, 7) is 1.84. The molecule has 15 heavy (non-hydrogen) atoms. The molecule has 82 valence electrons. The summed E-state index contributed by atoms with van der Waals surface area (Å²) in [6.07, 6.45) is 0. The van der Waals surface area contributed by atoms with Gasteiger partial charge in [-0.25, -0.2) is 4.79 Å². The second-order valence-corrected chi connectivity index (χ2v) is 4.14. The highest BCUT2D eigenvalue weighted by atomic mass is 35.5. The molecule has 1 unspecified atom stereocenters. The summed E-state index contributed by atoms with van der Waals surface area (Å²) in [5, 5.41) is 6.66. The summed E-state index contributed by atoms with van der Waals surface area (Å²) in [6, 6.07) is 3.17. The van der Waals surface area contributed by atoms with Crippen LogP contribution in [0.4, 0.5) is 4.79 Å². The minimum absolute atomic E-state index is 0.117. The lowest BCUT2D eigenvalue weighted by Crippen LogP contribution is -2.40. The Morgan fingerprint density at radius 1 is 1.60 bits per heavy atom. The first-order valence-electron chi connectivity index (χ1n) is 4.33. The zero-order valence-electron chi connectivity index (χ0n) is 8.12. The minimum atomic E-state index is -0.526. The van der Waals surface area contributed by atoms with E-state index in [2.05, 4.69) is 10.6 Å². The molecule has 0 saturated carbocycles. The lowest BCUT2D eigenvalue weighted by molar-refractivity contribution is -0.117. The van der Waals surface area contributed by atoms with Crippen LogP contribution in [0, 0.1) is 0 Å². The van der Waals surface area contributed by atoms with Gasteiger partial charge < -0.3 is 5.32 Å². The van der Waals surface area contributed by atoms with Crippen LogP contribution in [0.5, 0.6) is 0 Å². The number of carbonyl (C=O) groups is 2. The van der Waals surface area contributed by atoms with Gasteiger partial charge in [0.15, 0.2) is 0 Å². The van der Waals surface area contributed by atoms with Gasteiger partial charge in [-0.05, 0) is 18.4 Å². The highest BCUT2D eigenvalue weighted by molar-refractivity contribution is 7.10. The molecule has 0 aromatic carbocycles. The number of carbonyl (C=O) groups excluding carboxylic acids is 2. The summed E-state index contributed by atoms with van der Waals surface area (Å²) in [5.74, 6) is -0.728. The van der Waals surface area contributed by atoms with E-state index in [1.54, 1.807) is 11.3 Å². The van der Waals surface area contributed by atoms with Crippen molar-refractivity contribution in [2.45, 2.75) is 13.0 Å². The molecule has 0 spiro atoms. The fraction of sp³-hybridized carbons (Fsp3) is 0.333. The predicted octanol–water partition coefficient (Wildman–Crippen LogP) is 1.87. The molecule has 0 bridgehead atoms. The lowest BCUT2D eigenvalue weighted by atomic mass is 10.3. The third-order valence-corrected chi connectivity index (χ3v) is 2.99. The molecular weight excluding hydrogens is 236 g/mol. The summed E-state index contributed by atoms with van der Waals surface area (Å²) in [7, 11) is 0. The molecule has 4 nitrogen and oxygen atoms in total. The first kappa shape index (κ1) is 12.0. The van der Waals surface area contributed by atoms with Crippen LogP contribution in [0.1, 0.15) is 17.8 Å². The van der Waals surface area contributed by atoms with Gasteiger partial charge in [-0.3, -0.25) is 10.1 Å². The van der Waals surface area contributed by atoms with E-state index in [9.17, 15) is 9.59 Å². The van der Waals surface area contributed by atoms with Crippen LogP contribution in [0.15, 0.2) is 17.5 Å².